The minimum Gasteiger partial charge on any atom is -0.467 e. The number of amides is 2. The Labute approximate surface area is 127 Å². The zero-order valence-corrected chi connectivity index (χ0v) is 12.4. The van der Waals surface area contributed by atoms with Crippen molar-refractivity contribution in [3.05, 3.63) is 36.5 Å². The van der Waals surface area contributed by atoms with Crippen LogP contribution in [0.1, 0.15) is 25.5 Å². The molecular formula is C15H18N4O3. The molecule has 0 aliphatic carbocycles. The van der Waals surface area contributed by atoms with Crippen LogP contribution in [0, 0.1) is 0 Å². The Bertz CT molecular complexity index is 662. The zero-order chi connectivity index (χ0) is 15.5. The topological polar surface area (TPSA) is 80.4 Å². The van der Waals surface area contributed by atoms with E-state index in [9.17, 15) is 9.59 Å². The SMILES string of the molecule is CCn1cc(NC(=O)[C@@H]2CCC(=O)N2Cc2ccco2)cn1. The number of rotatable bonds is 5. The van der Waals surface area contributed by atoms with Gasteiger partial charge in [-0.1, -0.05) is 0 Å². The molecule has 116 valence electrons. The van der Waals surface area contributed by atoms with E-state index in [4.69, 9.17) is 4.42 Å². The Morgan fingerprint density at radius 2 is 2.41 bits per heavy atom. The van der Waals surface area contributed by atoms with E-state index in [2.05, 4.69) is 10.4 Å². The van der Waals surface area contributed by atoms with Gasteiger partial charge in [-0.2, -0.15) is 5.10 Å². The van der Waals surface area contributed by atoms with Crippen LogP contribution in [0.15, 0.2) is 35.2 Å². The lowest BCUT2D eigenvalue weighted by molar-refractivity contribution is -0.134. The average molecular weight is 302 g/mol. The second-order valence-corrected chi connectivity index (χ2v) is 5.23. The number of aryl methyl sites for hydroxylation is 1. The Hall–Kier alpha value is -2.57. The van der Waals surface area contributed by atoms with Crippen LogP contribution in [0.2, 0.25) is 0 Å². The molecule has 0 spiro atoms. The van der Waals surface area contributed by atoms with E-state index in [1.54, 1.807) is 40.4 Å². The zero-order valence-electron chi connectivity index (χ0n) is 12.4. The number of nitrogens with one attached hydrogen (secondary N) is 1. The van der Waals surface area contributed by atoms with Gasteiger partial charge in [0.15, 0.2) is 0 Å². The van der Waals surface area contributed by atoms with Crippen LogP contribution in [0.5, 0.6) is 0 Å². The van der Waals surface area contributed by atoms with Gasteiger partial charge in [0.2, 0.25) is 11.8 Å². The van der Waals surface area contributed by atoms with Gasteiger partial charge < -0.3 is 14.6 Å². The molecular weight excluding hydrogens is 284 g/mol. The quantitative estimate of drug-likeness (QED) is 0.910. The average Bonchev–Trinajstić information content (AvgIpc) is 3.22. The summed E-state index contributed by atoms with van der Waals surface area (Å²) in [4.78, 5) is 26.0. The van der Waals surface area contributed by atoms with Crippen molar-refractivity contribution in [2.75, 3.05) is 5.32 Å². The Balaban J connectivity index is 1.68. The largest absolute Gasteiger partial charge is 0.467 e. The number of aromatic nitrogens is 2. The lowest BCUT2D eigenvalue weighted by Crippen LogP contribution is -2.41. The van der Waals surface area contributed by atoms with Crippen LogP contribution in [-0.2, 0) is 22.7 Å². The number of anilines is 1. The molecule has 1 N–H and O–H groups in total. The van der Waals surface area contributed by atoms with Crippen LogP contribution >= 0.6 is 0 Å². The highest BCUT2D eigenvalue weighted by Crippen LogP contribution is 2.23. The molecule has 22 heavy (non-hydrogen) atoms. The highest BCUT2D eigenvalue weighted by atomic mass is 16.3. The maximum atomic E-state index is 12.4. The number of carbonyl (C=O) groups is 2. The minimum atomic E-state index is -0.470. The van der Waals surface area contributed by atoms with Crippen LogP contribution in [0.25, 0.3) is 0 Å². The number of carbonyl (C=O) groups excluding carboxylic acids is 2. The van der Waals surface area contributed by atoms with E-state index >= 15 is 0 Å². The third-order valence-electron chi connectivity index (χ3n) is 3.76. The molecule has 2 aromatic rings. The maximum Gasteiger partial charge on any atom is 0.247 e. The molecule has 2 amide bonds. The third-order valence-corrected chi connectivity index (χ3v) is 3.76. The molecule has 0 saturated carbocycles. The van der Waals surface area contributed by atoms with Gasteiger partial charge in [0, 0.05) is 19.2 Å². The van der Waals surface area contributed by atoms with Gasteiger partial charge in [0.25, 0.3) is 0 Å². The van der Waals surface area contributed by atoms with E-state index in [1.807, 2.05) is 6.92 Å². The van der Waals surface area contributed by atoms with Gasteiger partial charge in [-0.25, -0.2) is 0 Å². The van der Waals surface area contributed by atoms with Crippen molar-refractivity contribution in [3.63, 3.8) is 0 Å². The minimum absolute atomic E-state index is 0.0270. The van der Waals surface area contributed by atoms with Gasteiger partial charge in [-0.05, 0) is 25.5 Å². The molecule has 1 aliphatic rings. The molecule has 1 aliphatic heterocycles. The van der Waals surface area contributed by atoms with E-state index in [0.29, 0.717) is 30.8 Å². The predicted molar refractivity (Wildman–Crippen MR) is 78.8 cm³/mol. The van der Waals surface area contributed by atoms with Crippen molar-refractivity contribution < 1.29 is 14.0 Å². The van der Waals surface area contributed by atoms with Gasteiger partial charge in [0.05, 0.1) is 24.7 Å². The predicted octanol–water partition coefficient (Wildman–Crippen LogP) is 1.63. The van der Waals surface area contributed by atoms with Crippen molar-refractivity contribution in [2.24, 2.45) is 0 Å². The van der Waals surface area contributed by atoms with Crippen LogP contribution in [-0.4, -0.2) is 32.5 Å². The summed E-state index contributed by atoms with van der Waals surface area (Å²) in [6.07, 6.45) is 5.84. The number of furan rings is 1. The van der Waals surface area contributed by atoms with Crippen molar-refractivity contribution in [3.8, 4) is 0 Å². The molecule has 3 rings (SSSR count). The lowest BCUT2D eigenvalue weighted by Gasteiger charge is -2.22. The number of nitrogens with zero attached hydrogens (tertiary/aromatic N) is 3. The summed E-state index contributed by atoms with van der Waals surface area (Å²) in [7, 11) is 0. The van der Waals surface area contributed by atoms with Gasteiger partial charge >= 0.3 is 0 Å². The highest BCUT2D eigenvalue weighted by Gasteiger charge is 2.36. The van der Waals surface area contributed by atoms with Crippen molar-refractivity contribution in [2.45, 2.75) is 38.9 Å². The molecule has 1 saturated heterocycles. The fraction of sp³-hybridized carbons (Fsp3) is 0.400. The second kappa shape index (κ2) is 6.05. The first-order valence-corrected chi connectivity index (χ1v) is 7.32. The first-order valence-electron chi connectivity index (χ1n) is 7.32. The number of hydrogen-bond acceptors (Lipinski definition) is 4. The van der Waals surface area contributed by atoms with E-state index in [1.165, 1.54) is 0 Å². The fourth-order valence-electron chi connectivity index (χ4n) is 2.60. The molecule has 1 fully saturated rings. The summed E-state index contributed by atoms with van der Waals surface area (Å²) in [6.45, 7) is 3.03. The van der Waals surface area contributed by atoms with Gasteiger partial charge in [0.1, 0.15) is 11.8 Å². The number of hydrogen-bond donors (Lipinski definition) is 1. The van der Waals surface area contributed by atoms with Crippen LogP contribution in [0.3, 0.4) is 0 Å². The molecule has 3 heterocycles. The summed E-state index contributed by atoms with van der Waals surface area (Å²) >= 11 is 0. The van der Waals surface area contributed by atoms with Crippen molar-refractivity contribution >= 4 is 17.5 Å². The third kappa shape index (κ3) is 2.88. The van der Waals surface area contributed by atoms with E-state index in [0.717, 1.165) is 6.54 Å². The summed E-state index contributed by atoms with van der Waals surface area (Å²) in [5, 5.41) is 6.94. The molecule has 0 radical (unpaired) electrons. The standard InChI is InChI=1S/C15H18N4O3/c1-2-18-9-11(8-16-18)17-15(21)13-5-6-14(20)19(13)10-12-4-3-7-22-12/h3-4,7-9,13H,2,5-6,10H2,1H3,(H,17,21)/t13-/m0/s1. The Kier molecular flexibility index (Phi) is 3.95. The van der Waals surface area contributed by atoms with Gasteiger partial charge in [-0.3, -0.25) is 14.3 Å². The molecule has 7 heteroatoms. The molecule has 0 bridgehead atoms. The van der Waals surface area contributed by atoms with Crippen molar-refractivity contribution in [1.29, 1.82) is 0 Å². The van der Waals surface area contributed by atoms with E-state index in [-0.39, 0.29) is 11.8 Å². The Morgan fingerprint density at radius 1 is 1.55 bits per heavy atom. The monoisotopic (exact) mass is 302 g/mol. The normalized spacial score (nSPS) is 18.0. The first kappa shape index (κ1) is 14.4. The summed E-state index contributed by atoms with van der Waals surface area (Å²) in [6, 6.07) is 3.10. The van der Waals surface area contributed by atoms with Crippen LogP contribution in [0.4, 0.5) is 5.69 Å². The summed E-state index contributed by atoms with van der Waals surface area (Å²) in [5.41, 5.74) is 0.643. The number of likely N-dealkylation sites (tertiary alicyclic amines) is 1. The summed E-state index contributed by atoms with van der Waals surface area (Å²) in [5.74, 6) is 0.459. The lowest BCUT2D eigenvalue weighted by atomic mass is 10.2. The maximum absolute atomic E-state index is 12.4. The first-order chi connectivity index (χ1) is 10.7. The van der Waals surface area contributed by atoms with Crippen molar-refractivity contribution in [1.82, 2.24) is 14.7 Å². The summed E-state index contributed by atoms with van der Waals surface area (Å²) < 4.78 is 7.00. The highest BCUT2D eigenvalue weighted by molar-refractivity contribution is 5.98. The van der Waals surface area contributed by atoms with Crippen LogP contribution < -0.4 is 5.32 Å². The molecule has 1 atom stereocenters. The molecule has 0 aromatic carbocycles. The smallest absolute Gasteiger partial charge is 0.247 e. The fourth-order valence-corrected chi connectivity index (χ4v) is 2.60. The molecule has 0 unspecified atom stereocenters. The van der Waals surface area contributed by atoms with E-state index < -0.39 is 6.04 Å². The Morgan fingerprint density at radius 3 is 3.09 bits per heavy atom. The second-order valence-electron chi connectivity index (χ2n) is 5.23. The molecule has 7 nitrogen and oxygen atoms in total. The van der Waals surface area contributed by atoms with Gasteiger partial charge in [-0.15, -0.1) is 0 Å². The molecule has 2 aromatic heterocycles.